The highest BCUT2D eigenvalue weighted by molar-refractivity contribution is 7.86. The summed E-state index contributed by atoms with van der Waals surface area (Å²) in [6.45, 7) is 3.73. The average Bonchev–Trinajstić information content (AvgIpc) is 2.47. The quantitative estimate of drug-likeness (QED) is 0.855. The smallest absolute Gasteiger partial charge is 0.288 e. The van der Waals surface area contributed by atoms with Crippen molar-refractivity contribution in [3.05, 3.63) is 48.0 Å². The van der Waals surface area contributed by atoms with Gasteiger partial charge in [-0.2, -0.15) is 13.5 Å². The first kappa shape index (κ1) is 14.9. The van der Waals surface area contributed by atoms with E-state index in [1.807, 2.05) is 37.3 Å². The first-order valence-electron chi connectivity index (χ1n) is 7.10. The minimum absolute atomic E-state index is 0.0341. The predicted octanol–water partition coefficient (Wildman–Crippen LogP) is 3.91. The Morgan fingerprint density at radius 2 is 1.82 bits per heavy atom. The van der Waals surface area contributed by atoms with E-state index in [2.05, 4.69) is 0 Å². The summed E-state index contributed by atoms with van der Waals surface area (Å²) in [5, 5.41) is 1.34. The van der Waals surface area contributed by atoms with Gasteiger partial charge in [-0.15, -0.1) is 4.28 Å². The van der Waals surface area contributed by atoms with Crippen molar-refractivity contribution in [2.75, 3.05) is 10.8 Å². The van der Waals surface area contributed by atoms with E-state index in [0.717, 1.165) is 5.56 Å². The van der Waals surface area contributed by atoms with Gasteiger partial charge in [0.25, 0.3) is 10.1 Å². The highest BCUT2D eigenvalue weighted by Gasteiger charge is 2.29. The molecule has 2 aromatic carbocycles. The van der Waals surface area contributed by atoms with Crippen molar-refractivity contribution >= 4 is 21.5 Å². The van der Waals surface area contributed by atoms with Crippen molar-refractivity contribution in [3.8, 4) is 11.5 Å². The Morgan fingerprint density at radius 1 is 1.09 bits per heavy atom. The SMILES string of the molecule is CCCS(=O)(=O)ON1c2ccccc2Oc2ccc(C)cc21. The van der Waals surface area contributed by atoms with E-state index in [1.165, 1.54) is 5.06 Å². The second-order valence-corrected chi connectivity index (χ2v) is 6.84. The molecule has 0 saturated heterocycles. The van der Waals surface area contributed by atoms with Crippen LogP contribution in [0.25, 0.3) is 0 Å². The Morgan fingerprint density at radius 3 is 2.59 bits per heavy atom. The lowest BCUT2D eigenvalue weighted by molar-refractivity contribution is 0.308. The molecule has 0 aliphatic carbocycles. The van der Waals surface area contributed by atoms with Crippen LogP contribution in [0.15, 0.2) is 42.5 Å². The third-order valence-electron chi connectivity index (χ3n) is 3.28. The Kier molecular flexibility index (Phi) is 3.80. The Hall–Kier alpha value is -2.05. The molecule has 0 N–H and O–H groups in total. The summed E-state index contributed by atoms with van der Waals surface area (Å²) in [5.74, 6) is 1.09. The van der Waals surface area contributed by atoms with E-state index < -0.39 is 10.1 Å². The highest BCUT2D eigenvalue weighted by atomic mass is 32.2. The van der Waals surface area contributed by atoms with Crippen molar-refractivity contribution in [3.63, 3.8) is 0 Å². The van der Waals surface area contributed by atoms with Gasteiger partial charge in [0.1, 0.15) is 11.4 Å². The van der Waals surface area contributed by atoms with Gasteiger partial charge in [-0.3, -0.25) is 0 Å². The minimum atomic E-state index is -3.66. The molecule has 2 aromatic rings. The molecule has 0 saturated carbocycles. The molecule has 1 aliphatic heterocycles. The predicted molar refractivity (Wildman–Crippen MR) is 85.0 cm³/mol. The van der Waals surface area contributed by atoms with Crippen LogP contribution < -0.4 is 9.80 Å². The van der Waals surface area contributed by atoms with Crippen molar-refractivity contribution in [2.24, 2.45) is 0 Å². The molecule has 0 radical (unpaired) electrons. The van der Waals surface area contributed by atoms with Gasteiger partial charge < -0.3 is 4.74 Å². The van der Waals surface area contributed by atoms with Crippen molar-refractivity contribution in [1.29, 1.82) is 0 Å². The molecule has 116 valence electrons. The fraction of sp³-hybridized carbons (Fsp3) is 0.250. The summed E-state index contributed by atoms with van der Waals surface area (Å²) in [4.78, 5) is 0. The maximum Gasteiger partial charge on any atom is 0.288 e. The lowest BCUT2D eigenvalue weighted by atomic mass is 10.1. The summed E-state index contributed by atoms with van der Waals surface area (Å²) in [5.41, 5.74) is 2.14. The standard InChI is InChI=1S/C16H17NO4S/c1-3-10-22(18,19)21-17-13-6-4-5-7-15(13)20-16-9-8-12(2)11-14(16)17/h4-9,11H,3,10H2,1-2H3. The zero-order valence-electron chi connectivity index (χ0n) is 12.4. The van der Waals surface area contributed by atoms with Gasteiger partial charge >= 0.3 is 0 Å². The van der Waals surface area contributed by atoms with E-state index >= 15 is 0 Å². The summed E-state index contributed by atoms with van der Waals surface area (Å²) in [7, 11) is -3.66. The van der Waals surface area contributed by atoms with Crippen LogP contribution in [0.1, 0.15) is 18.9 Å². The Labute approximate surface area is 130 Å². The third kappa shape index (κ3) is 2.80. The molecule has 0 fully saturated rings. The van der Waals surface area contributed by atoms with Gasteiger partial charge in [0, 0.05) is 0 Å². The number of benzene rings is 2. The van der Waals surface area contributed by atoms with Crippen LogP contribution in [0.5, 0.6) is 11.5 Å². The second kappa shape index (κ2) is 5.62. The largest absolute Gasteiger partial charge is 0.453 e. The van der Waals surface area contributed by atoms with E-state index in [0.29, 0.717) is 29.3 Å². The maximum absolute atomic E-state index is 12.1. The van der Waals surface area contributed by atoms with E-state index in [-0.39, 0.29) is 5.75 Å². The van der Waals surface area contributed by atoms with Crippen LogP contribution in [0.3, 0.4) is 0 Å². The molecule has 0 spiro atoms. The molecule has 0 unspecified atom stereocenters. The normalized spacial score (nSPS) is 13.3. The molecule has 1 aliphatic rings. The fourth-order valence-corrected chi connectivity index (χ4v) is 3.28. The molecular formula is C16H17NO4S. The molecule has 1 heterocycles. The number of anilines is 2. The van der Waals surface area contributed by atoms with Crippen LogP contribution in [-0.2, 0) is 14.4 Å². The van der Waals surface area contributed by atoms with Gasteiger partial charge in [0.05, 0.1) is 5.75 Å². The highest BCUT2D eigenvalue weighted by Crippen LogP contribution is 2.47. The van der Waals surface area contributed by atoms with Crippen molar-refractivity contribution < 1.29 is 17.4 Å². The number of rotatable bonds is 4. The molecule has 5 nitrogen and oxygen atoms in total. The zero-order valence-corrected chi connectivity index (χ0v) is 13.3. The first-order chi connectivity index (χ1) is 10.5. The van der Waals surface area contributed by atoms with E-state index in [1.54, 1.807) is 19.1 Å². The van der Waals surface area contributed by atoms with Crippen LogP contribution in [0, 0.1) is 6.92 Å². The monoisotopic (exact) mass is 319 g/mol. The summed E-state index contributed by atoms with van der Waals surface area (Å²) < 4.78 is 35.4. The molecule has 0 amide bonds. The summed E-state index contributed by atoms with van der Waals surface area (Å²) in [6.07, 6.45) is 0.495. The van der Waals surface area contributed by atoms with Gasteiger partial charge in [-0.1, -0.05) is 25.1 Å². The van der Waals surface area contributed by atoms with Gasteiger partial charge in [0.15, 0.2) is 11.5 Å². The number of para-hydroxylation sites is 2. The number of hydrogen-bond acceptors (Lipinski definition) is 5. The molecule has 0 bridgehead atoms. The fourth-order valence-electron chi connectivity index (χ4n) is 2.31. The first-order valence-corrected chi connectivity index (χ1v) is 8.68. The van der Waals surface area contributed by atoms with Crippen LogP contribution in [0.4, 0.5) is 11.4 Å². The topological polar surface area (TPSA) is 55.8 Å². The minimum Gasteiger partial charge on any atom is -0.453 e. The lowest BCUT2D eigenvalue weighted by Crippen LogP contribution is -2.26. The van der Waals surface area contributed by atoms with E-state index in [4.69, 9.17) is 9.02 Å². The molecule has 3 rings (SSSR count). The molecule has 22 heavy (non-hydrogen) atoms. The van der Waals surface area contributed by atoms with Crippen LogP contribution in [-0.4, -0.2) is 14.2 Å². The van der Waals surface area contributed by atoms with Gasteiger partial charge in [-0.25, -0.2) is 0 Å². The number of aryl methyl sites for hydroxylation is 1. The van der Waals surface area contributed by atoms with Crippen molar-refractivity contribution in [2.45, 2.75) is 20.3 Å². The molecule has 0 atom stereocenters. The Balaban J connectivity index is 2.10. The van der Waals surface area contributed by atoms with Gasteiger partial charge in [-0.05, 0) is 43.2 Å². The average molecular weight is 319 g/mol. The Bertz CT molecular complexity index is 802. The number of hydrogen-bond donors (Lipinski definition) is 0. The maximum atomic E-state index is 12.1. The summed E-state index contributed by atoms with van der Waals surface area (Å²) >= 11 is 0. The number of ether oxygens (including phenoxy) is 1. The second-order valence-electron chi connectivity index (χ2n) is 5.17. The molecule has 6 heteroatoms. The van der Waals surface area contributed by atoms with Crippen molar-refractivity contribution in [1.82, 2.24) is 0 Å². The number of nitrogens with zero attached hydrogens (tertiary/aromatic N) is 1. The summed E-state index contributed by atoms with van der Waals surface area (Å²) in [6, 6.07) is 12.7. The van der Waals surface area contributed by atoms with Crippen LogP contribution >= 0.6 is 0 Å². The third-order valence-corrected chi connectivity index (χ3v) is 4.56. The molecular weight excluding hydrogens is 302 g/mol. The number of fused-ring (bicyclic) bond motifs is 2. The zero-order chi connectivity index (χ0) is 15.7. The van der Waals surface area contributed by atoms with E-state index in [9.17, 15) is 8.42 Å². The lowest BCUT2D eigenvalue weighted by Gasteiger charge is -2.30. The van der Waals surface area contributed by atoms with Crippen LogP contribution in [0.2, 0.25) is 0 Å². The van der Waals surface area contributed by atoms with Gasteiger partial charge in [0.2, 0.25) is 0 Å². The molecule has 0 aromatic heterocycles.